The average molecular weight is 437 g/mol. The van der Waals surface area contributed by atoms with Crippen LogP contribution in [0.5, 0.6) is 0 Å². The number of piperazine rings is 1. The van der Waals surface area contributed by atoms with E-state index in [9.17, 15) is 18.0 Å². The van der Waals surface area contributed by atoms with Crippen molar-refractivity contribution in [3.63, 3.8) is 0 Å². The van der Waals surface area contributed by atoms with E-state index in [-0.39, 0.29) is 12.5 Å². The number of aliphatic imine (C=N–C) groups is 1. The number of ether oxygens (including phenoxy) is 1. The van der Waals surface area contributed by atoms with E-state index in [0.29, 0.717) is 38.7 Å². The number of carbonyl (C=O) groups excluding carboxylic acids is 1. The van der Waals surface area contributed by atoms with Crippen molar-refractivity contribution in [1.29, 1.82) is 0 Å². The molecule has 30 heavy (non-hydrogen) atoms. The standard InChI is InChI=1S/C19H35F3N6O2/c1-16(19(20,21)22)27-7-9-28(10-8-27)18(24-15-17(29)25(2)3)23-5-4-6-26-11-13-30-14-12-26/h16H,4-15H2,1-3H3,(H,23,24). The first-order chi connectivity index (χ1) is 14.2. The second-order valence-corrected chi connectivity index (χ2v) is 7.90. The molecule has 0 spiro atoms. The van der Waals surface area contributed by atoms with Gasteiger partial charge in [-0.2, -0.15) is 13.2 Å². The SMILES string of the molecule is CC(N1CCN(C(=NCC(=O)N(C)C)NCCCN2CCOCC2)CC1)C(F)(F)F. The van der Waals surface area contributed by atoms with Gasteiger partial charge in [-0.15, -0.1) is 0 Å². The molecule has 1 amide bonds. The topological polar surface area (TPSA) is 63.7 Å². The molecule has 2 heterocycles. The molecule has 2 rings (SSSR count). The van der Waals surface area contributed by atoms with Gasteiger partial charge in [0.25, 0.3) is 0 Å². The molecule has 174 valence electrons. The fraction of sp³-hybridized carbons (Fsp3) is 0.895. The number of amides is 1. The summed E-state index contributed by atoms with van der Waals surface area (Å²) in [6.45, 7) is 7.69. The van der Waals surface area contributed by atoms with Crippen LogP contribution >= 0.6 is 0 Å². The number of guanidine groups is 1. The van der Waals surface area contributed by atoms with Crippen LogP contribution in [0.4, 0.5) is 13.2 Å². The molecule has 0 aromatic carbocycles. The van der Waals surface area contributed by atoms with Gasteiger partial charge < -0.3 is 19.9 Å². The number of alkyl halides is 3. The van der Waals surface area contributed by atoms with Gasteiger partial charge in [-0.3, -0.25) is 14.6 Å². The summed E-state index contributed by atoms with van der Waals surface area (Å²) in [6, 6.07) is -1.46. The average Bonchev–Trinajstić information content (AvgIpc) is 2.72. The molecule has 8 nitrogen and oxygen atoms in total. The minimum Gasteiger partial charge on any atom is -0.379 e. The first-order valence-corrected chi connectivity index (χ1v) is 10.5. The van der Waals surface area contributed by atoms with E-state index >= 15 is 0 Å². The molecule has 2 aliphatic heterocycles. The smallest absolute Gasteiger partial charge is 0.379 e. The normalized spacial score (nSPS) is 20.9. The molecule has 2 saturated heterocycles. The Hall–Kier alpha value is -1.59. The van der Waals surface area contributed by atoms with Gasteiger partial charge in [0.1, 0.15) is 12.6 Å². The van der Waals surface area contributed by atoms with Crippen molar-refractivity contribution in [2.45, 2.75) is 25.6 Å². The third kappa shape index (κ3) is 7.92. The minimum atomic E-state index is -4.23. The van der Waals surface area contributed by atoms with Crippen molar-refractivity contribution in [2.24, 2.45) is 4.99 Å². The molecule has 2 fully saturated rings. The molecule has 0 saturated carbocycles. The maximum atomic E-state index is 13.0. The first-order valence-electron chi connectivity index (χ1n) is 10.5. The Labute approximate surface area is 177 Å². The summed E-state index contributed by atoms with van der Waals surface area (Å²) in [7, 11) is 3.34. The number of likely N-dealkylation sites (N-methyl/N-ethyl adjacent to an activating group) is 1. The van der Waals surface area contributed by atoms with Crippen molar-refractivity contribution in [3.05, 3.63) is 0 Å². The van der Waals surface area contributed by atoms with Crippen LogP contribution in [0.1, 0.15) is 13.3 Å². The molecule has 11 heteroatoms. The number of hydrogen-bond acceptors (Lipinski definition) is 5. The van der Waals surface area contributed by atoms with Crippen LogP contribution in [0.25, 0.3) is 0 Å². The van der Waals surface area contributed by atoms with Crippen molar-refractivity contribution in [2.75, 3.05) is 86.2 Å². The summed E-state index contributed by atoms with van der Waals surface area (Å²) in [5.74, 6) is 0.471. The Bertz CT molecular complexity index is 559. The molecule has 0 radical (unpaired) electrons. The highest BCUT2D eigenvalue weighted by molar-refractivity contribution is 5.84. The molecule has 1 N–H and O–H groups in total. The monoisotopic (exact) mass is 436 g/mol. The van der Waals surface area contributed by atoms with Crippen LogP contribution in [-0.2, 0) is 9.53 Å². The lowest BCUT2D eigenvalue weighted by molar-refractivity contribution is -0.181. The molecule has 0 aromatic rings. The van der Waals surface area contributed by atoms with Gasteiger partial charge in [0.05, 0.1) is 13.2 Å². The molecule has 2 aliphatic rings. The summed E-state index contributed by atoms with van der Waals surface area (Å²) >= 11 is 0. The molecule has 1 unspecified atom stereocenters. The van der Waals surface area contributed by atoms with E-state index in [4.69, 9.17) is 4.74 Å². The lowest BCUT2D eigenvalue weighted by Gasteiger charge is -2.39. The van der Waals surface area contributed by atoms with Crippen LogP contribution in [0.2, 0.25) is 0 Å². The number of nitrogens with zero attached hydrogens (tertiary/aromatic N) is 5. The summed E-state index contributed by atoms with van der Waals surface area (Å²) < 4.78 is 44.3. The number of morpholine rings is 1. The summed E-state index contributed by atoms with van der Waals surface area (Å²) in [6.07, 6.45) is -3.32. The number of nitrogens with one attached hydrogen (secondary N) is 1. The van der Waals surface area contributed by atoms with E-state index in [1.54, 1.807) is 14.1 Å². The predicted molar refractivity (Wildman–Crippen MR) is 110 cm³/mol. The van der Waals surface area contributed by atoms with Gasteiger partial charge in [0.15, 0.2) is 5.96 Å². The van der Waals surface area contributed by atoms with E-state index < -0.39 is 12.2 Å². The highest BCUT2D eigenvalue weighted by atomic mass is 19.4. The van der Waals surface area contributed by atoms with Crippen molar-refractivity contribution < 1.29 is 22.7 Å². The van der Waals surface area contributed by atoms with Gasteiger partial charge >= 0.3 is 6.18 Å². The Morgan fingerprint density at radius 3 is 2.33 bits per heavy atom. The van der Waals surface area contributed by atoms with Crippen LogP contribution in [0, 0.1) is 0 Å². The maximum absolute atomic E-state index is 13.0. The quantitative estimate of drug-likeness (QED) is 0.352. The number of halogens is 3. The third-order valence-corrected chi connectivity index (χ3v) is 5.54. The Morgan fingerprint density at radius 2 is 1.77 bits per heavy atom. The van der Waals surface area contributed by atoms with E-state index in [1.165, 1.54) is 16.7 Å². The largest absolute Gasteiger partial charge is 0.403 e. The summed E-state index contributed by atoms with van der Waals surface area (Å²) in [5.41, 5.74) is 0. The fourth-order valence-corrected chi connectivity index (χ4v) is 3.41. The van der Waals surface area contributed by atoms with Crippen LogP contribution < -0.4 is 5.32 Å². The highest BCUT2D eigenvalue weighted by Gasteiger charge is 2.41. The predicted octanol–water partition coefficient (Wildman–Crippen LogP) is 0.311. The number of rotatable bonds is 7. The van der Waals surface area contributed by atoms with Crippen LogP contribution in [-0.4, -0.2) is 130 Å². The Balaban J connectivity index is 1.88. The van der Waals surface area contributed by atoms with Gasteiger partial charge in [0, 0.05) is 59.9 Å². The molecule has 0 bridgehead atoms. The Kier molecular flexibility index (Phi) is 9.63. The van der Waals surface area contributed by atoms with Crippen LogP contribution in [0.3, 0.4) is 0 Å². The summed E-state index contributed by atoms with van der Waals surface area (Å²) in [5, 5.41) is 3.30. The highest BCUT2D eigenvalue weighted by Crippen LogP contribution is 2.25. The zero-order chi connectivity index (χ0) is 22.1. The number of carbonyl (C=O) groups is 1. The zero-order valence-corrected chi connectivity index (χ0v) is 18.2. The number of hydrogen-bond donors (Lipinski definition) is 1. The minimum absolute atomic E-state index is 0.0119. The second kappa shape index (κ2) is 11.7. The Morgan fingerprint density at radius 1 is 1.13 bits per heavy atom. The van der Waals surface area contributed by atoms with Crippen molar-refractivity contribution in [3.8, 4) is 0 Å². The summed E-state index contributed by atoms with van der Waals surface area (Å²) in [4.78, 5) is 23.6. The van der Waals surface area contributed by atoms with Crippen molar-refractivity contribution >= 4 is 11.9 Å². The second-order valence-electron chi connectivity index (χ2n) is 7.90. The van der Waals surface area contributed by atoms with Crippen molar-refractivity contribution in [1.82, 2.24) is 24.9 Å². The lowest BCUT2D eigenvalue weighted by Crippen LogP contribution is -2.57. The fourth-order valence-electron chi connectivity index (χ4n) is 3.41. The molecular formula is C19H35F3N6O2. The van der Waals surface area contributed by atoms with E-state index in [2.05, 4.69) is 15.2 Å². The molecule has 0 aromatic heterocycles. The lowest BCUT2D eigenvalue weighted by atomic mass is 10.2. The zero-order valence-electron chi connectivity index (χ0n) is 18.2. The molecule has 1 atom stereocenters. The van der Waals surface area contributed by atoms with Gasteiger partial charge in [-0.1, -0.05) is 0 Å². The van der Waals surface area contributed by atoms with Gasteiger partial charge in [0.2, 0.25) is 5.91 Å². The van der Waals surface area contributed by atoms with Gasteiger partial charge in [-0.25, -0.2) is 4.99 Å². The third-order valence-electron chi connectivity index (χ3n) is 5.54. The first kappa shape index (κ1) is 24.7. The van der Waals surface area contributed by atoms with E-state index in [1.807, 2.05) is 4.90 Å². The van der Waals surface area contributed by atoms with E-state index in [0.717, 1.165) is 39.3 Å². The van der Waals surface area contributed by atoms with Crippen LogP contribution in [0.15, 0.2) is 4.99 Å². The maximum Gasteiger partial charge on any atom is 0.403 e. The van der Waals surface area contributed by atoms with Gasteiger partial charge in [-0.05, 0) is 19.9 Å². The molecule has 0 aliphatic carbocycles. The molecular weight excluding hydrogens is 401 g/mol.